The molecule has 0 N–H and O–H groups in total. The van der Waals surface area contributed by atoms with Crippen molar-refractivity contribution < 1.29 is 26.9 Å². The molecule has 3 aromatic rings. The predicted molar refractivity (Wildman–Crippen MR) is 105 cm³/mol. The molecule has 170 valence electrons. The second kappa shape index (κ2) is 7.58. The van der Waals surface area contributed by atoms with Crippen LogP contribution in [0.15, 0.2) is 41.7 Å². The van der Waals surface area contributed by atoms with E-state index in [1.807, 2.05) is 0 Å². The largest absolute Gasteiger partial charge is 0.455 e. The van der Waals surface area contributed by atoms with Gasteiger partial charge in [0.05, 0.1) is 39.9 Å². The number of benzene rings is 1. The Morgan fingerprint density at radius 1 is 1.24 bits per heavy atom. The highest BCUT2D eigenvalue weighted by atomic mass is 19.4. The first-order chi connectivity index (χ1) is 15.5. The van der Waals surface area contributed by atoms with Crippen molar-refractivity contribution in [3.8, 4) is 6.07 Å². The fourth-order valence-electron chi connectivity index (χ4n) is 3.27. The average molecular weight is 464 g/mol. The van der Waals surface area contributed by atoms with Gasteiger partial charge in [0, 0.05) is 17.7 Å². The van der Waals surface area contributed by atoms with Gasteiger partial charge in [-0.3, -0.25) is 14.8 Å². The van der Waals surface area contributed by atoms with E-state index in [9.17, 15) is 37.3 Å². The van der Waals surface area contributed by atoms with Crippen molar-refractivity contribution in [2.75, 3.05) is 0 Å². The third-order valence-electron chi connectivity index (χ3n) is 5.36. The quantitative estimate of drug-likeness (QED) is 0.224. The Balaban J connectivity index is 1.60. The molecular weight excluding hydrogens is 451 g/mol. The first kappa shape index (κ1) is 22.3. The van der Waals surface area contributed by atoms with Gasteiger partial charge in [0.1, 0.15) is 6.54 Å². The zero-order valence-corrected chi connectivity index (χ0v) is 16.6. The van der Waals surface area contributed by atoms with Crippen molar-refractivity contribution in [3.63, 3.8) is 0 Å². The Kier molecular flexibility index (Phi) is 5.11. The minimum atomic E-state index is -5.72. The van der Waals surface area contributed by atoms with E-state index in [0.29, 0.717) is 23.1 Å². The van der Waals surface area contributed by atoms with Crippen LogP contribution in [-0.2, 0) is 12.0 Å². The number of nitriles is 1. The number of aliphatic imine (C=N–C) groups is 1. The molecule has 0 atom stereocenters. The zero-order chi connectivity index (χ0) is 24.0. The third-order valence-corrected chi connectivity index (χ3v) is 5.36. The first-order valence-corrected chi connectivity index (χ1v) is 9.46. The maximum Gasteiger partial charge on any atom is 0.455 e. The summed E-state index contributed by atoms with van der Waals surface area (Å²) in [6.45, 7) is -1.70. The van der Waals surface area contributed by atoms with E-state index >= 15 is 0 Å². The van der Waals surface area contributed by atoms with Gasteiger partial charge in [0.15, 0.2) is 5.82 Å². The van der Waals surface area contributed by atoms with E-state index in [4.69, 9.17) is 0 Å². The summed E-state index contributed by atoms with van der Waals surface area (Å²) >= 11 is 0. The van der Waals surface area contributed by atoms with Crippen LogP contribution in [0.3, 0.4) is 0 Å². The number of aromatic nitrogens is 3. The highest BCUT2D eigenvalue weighted by molar-refractivity contribution is 5.88. The normalized spacial score (nSPS) is 15.6. The lowest BCUT2D eigenvalue weighted by Crippen LogP contribution is -2.40. The number of pyridine rings is 1. The summed E-state index contributed by atoms with van der Waals surface area (Å²) in [6, 6.07) is 7.88. The fraction of sp³-hybridized carbons (Fsp3) is 0.300. The molecule has 0 spiro atoms. The van der Waals surface area contributed by atoms with E-state index in [-0.39, 0.29) is 28.0 Å². The van der Waals surface area contributed by atoms with Crippen LogP contribution in [0.25, 0.3) is 10.9 Å². The van der Waals surface area contributed by atoms with E-state index < -0.39 is 29.0 Å². The van der Waals surface area contributed by atoms with Crippen LogP contribution in [0.1, 0.15) is 24.0 Å². The van der Waals surface area contributed by atoms with Crippen molar-refractivity contribution in [2.24, 2.45) is 4.99 Å². The summed E-state index contributed by atoms with van der Waals surface area (Å²) in [5.74, 6) is -4.93. The second-order valence-corrected chi connectivity index (χ2v) is 7.59. The zero-order valence-electron chi connectivity index (χ0n) is 16.6. The Hall–Kier alpha value is -3.95. The van der Waals surface area contributed by atoms with E-state index in [1.165, 1.54) is 24.4 Å². The summed E-state index contributed by atoms with van der Waals surface area (Å²) in [4.78, 5) is 18.8. The molecule has 0 amide bonds. The number of nitro benzene ring substituents is 1. The molecule has 0 aliphatic heterocycles. The van der Waals surface area contributed by atoms with Crippen LogP contribution in [-0.4, -0.2) is 38.0 Å². The Morgan fingerprint density at radius 2 is 1.97 bits per heavy atom. The van der Waals surface area contributed by atoms with E-state index in [2.05, 4.69) is 21.1 Å². The number of rotatable bonds is 6. The number of halogens is 5. The van der Waals surface area contributed by atoms with Gasteiger partial charge in [-0.15, -0.1) is 0 Å². The van der Waals surface area contributed by atoms with Gasteiger partial charge in [-0.1, -0.05) is 6.07 Å². The molecule has 4 rings (SSSR count). The number of nitro groups is 1. The summed E-state index contributed by atoms with van der Waals surface area (Å²) < 4.78 is 64.6. The number of hydrogen-bond acceptors (Lipinski definition) is 6. The van der Waals surface area contributed by atoms with Crippen molar-refractivity contribution >= 4 is 28.6 Å². The molecule has 1 fully saturated rings. The van der Waals surface area contributed by atoms with Gasteiger partial charge in [-0.05, 0) is 30.5 Å². The smallest absolute Gasteiger partial charge is 0.258 e. The number of alkyl halides is 5. The van der Waals surface area contributed by atoms with Crippen LogP contribution in [0.2, 0.25) is 0 Å². The lowest BCUT2D eigenvalue weighted by molar-refractivity contribution is -0.385. The highest BCUT2D eigenvalue weighted by Gasteiger charge is 2.57. The summed E-state index contributed by atoms with van der Waals surface area (Å²) in [5, 5.41) is 24.5. The lowest BCUT2D eigenvalue weighted by atomic mass is 9.96. The molecule has 1 aliphatic carbocycles. The van der Waals surface area contributed by atoms with Crippen molar-refractivity contribution in [2.45, 2.75) is 36.9 Å². The summed E-state index contributed by atoms with van der Waals surface area (Å²) in [5.41, 5.74) is -0.298. The molecule has 1 saturated carbocycles. The molecule has 0 saturated heterocycles. The molecule has 33 heavy (non-hydrogen) atoms. The van der Waals surface area contributed by atoms with Gasteiger partial charge in [0.2, 0.25) is 0 Å². The van der Waals surface area contributed by atoms with Crippen molar-refractivity contribution in [1.29, 1.82) is 5.26 Å². The molecule has 2 heterocycles. The topological polar surface area (TPSA) is 110 Å². The monoisotopic (exact) mass is 464 g/mol. The fourth-order valence-corrected chi connectivity index (χ4v) is 3.27. The Morgan fingerprint density at radius 3 is 2.58 bits per heavy atom. The standard InChI is InChI=1S/C20H13F5N6O2/c21-19(22,20(23,24)25)11-30-16-9-28-17(5-13(16)8-29-30)27-7-12-1-2-14(6-15(12)31(32)33)18(10-26)3-4-18/h1-2,5-9H,3-4,11H2/b27-7+. The molecule has 13 heteroatoms. The second-order valence-electron chi connectivity index (χ2n) is 7.59. The minimum Gasteiger partial charge on any atom is -0.258 e. The van der Waals surface area contributed by atoms with E-state index in [0.717, 1.165) is 12.4 Å². The lowest BCUT2D eigenvalue weighted by Gasteiger charge is -2.19. The van der Waals surface area contributed by atoms with Crippen LogP contribution in [0.5, 0.6) is 0 Å². The number of fused-ring (bicyclic) bond motifs is 1. The predicted octanol–water partition coefficient (Wildman–Crippen LogP) is 4.84. The molecular formula is C20H13F5N6O2. The van der Waals surface area contributed by atoms with Crippen LogP contribution in [0.4, 0.5) is 33.5 Å². The Labute approximate surface area is 182 Å². The Bertz CT molecular complexity index is 1320. The third kappa shape index (κ3) is 4.11. The molecule has 0 radical (unpaired) electrons. The van der Waals surface area contributed by atoms with E-state index in [1.54, 1.807) is 6.07 Å². The molecule has 1 aliphatic rings. The van der Waals surface area contributed by atoms with Crippen LogP contribution < -0.4 is 0 Å². The highest BCUT2D eigenvalue weighted by Crippen LogP contribution is 2.48. The number of nitrogens with zero attached hydrogens (tertiary/aromatic N) is 6. The molecule has 0 unspecified atom stereocenters. The molecule has 2 aromatic heterocycles. The van der Waals surface area contributed by atoms with Gasteiger partial charge in [-0.25, -0.2) is 9.98 Å². The SMILES string of the molecule is N#CC1(c2ccc(/C=N/c3cc4cnn(CC(F)(F)C(F)(F)F)c4cn3)c([N+](=O)[O-])c2)CC1. The first-order valence-electron chi connectivity index (χ1n) is 9.46. The van der Waals surface area contributed by atoms with Crippen LogP contribution in [0, 0.1) is 21.4 Å². The molecule has 8 nitrogen and oxygen atoms in total. The minimum absolute atomic E-state index is 0.0405. The van der Waals surface area contributed by atoms with Gasteiger partial charge in [-0.2, -0.15) is 32.3 Å². The van der Waals surface area contributed by atoms with Gasteiger partial charge >= 0.3 is 12.1 Å². The maximum atomic E-state index is 13.3. The number of hydrogen-bond donors (Lipinski definition) is 0. The summed E-state index contributed by atoms with van der Waals surface area (Å²) in [7, 11) is 0. The average Bonchev–Trinajstić information content (AvgIpc) is 3.47. The van der Waals surface area contributed by atoms with Gasteiger partial charge < -0.3 is 0 Å². The van der Waals surface area contributed by atoms with Crippen LogP contribution >= 0.6 is 0 Å². The molecule has 0 bridgehead atoms. The van der Waals surface area contributed by atoms with Crippen molar-refractivity contribution in [1.82, 2.24) is 14.8 Å². The summed E-state index contributed by atoms with van der Waals surface area (Å²) in [6.07, 6.45) is -1.15. The van der Waals surface area contributed by atoms with Crippen molar-refractivity contribution in [3.05, 3.63) is 57.9 Å². The van der Waals surface area contributed by atoms with Gasteiger partial charge in [0.25, 0.3) is 5.69 Å². The molecule has 1 aromatic carbocycles. The maximum absolute atomic E-state index is 13.3.